The van der Waals surface area contributed by atoms with Crippen molar-refractivity contribution in [2.24, 2.45) is 0 Å². The van der Waals surface area contributed by atoms with Crippen LogP contribution in [0.1, 0.15) is 6.92 Å². The summed E-state index contributed by atoms with van der Waals surface area (Å²) < 4.78 is 32.3. The molecule has 0 bridgehead atoms. The van der Waals surface area contributed by atoms with Gasteiger partial charge in [-0.25, -0.2) is 13.2 Å². The second kappa shape index (κ2) is 8.49. The summed E-state index contributed by atoms with van der Waals surface area (Å²) in [6.45, 7) is 2.75. The molecule has 0 spiro atoms. The SMILES string of the molecule is CC(NC(=O)N1CCN(S(=O)(=O)c2ccccc2)CC1)Oc1ccc(O)cc1. The molecule has 9 heteroatoms. The minimum Gasteiger partial charge on any atom is -0.508 e. The minimum absolute atomic E-state index is 0.132. The Labute approximate surface area is 164 Å². The third-order valence-electron chi connectivity index (χ3n) is 4.38. The smallest absolute Gasteiger partial charge is 0.320 e. The third-order valence-corrected chi connectivity index (χ3v) is 6.30. The number of hydrogen-bond acceptors (Lipinski definition) is 5. The lowest BCUT2D eigenvalue weighted by molar-refractivity contribution is 0.140. The van der Waals surface area contributed by atoms with Gasteiger partial charge in [-0.1, -0.05) is 18.2 Å². The number of urea groups is 1. The number of phenolic OH excluding ortho intramolecular Hbond substituents is 1. The molecular formula is C19H23N3O5S. The molecule has 1 aliphatic rings. The maximum atomic E-state index is 12.6. The summed E-state index contributed by atoms with van der Waals surface area (Å²) in [5, 5.41) is 12.0. The van der Waals surface area contributed by atoms with Crippen molar-refractivity contribution in [3.8, 4) is 11.5 Å². The van der Waals surface area contributed by atoms with Crippen LogP contribution < -0.4 is 10.1 Å². The largest absolute Gasteiger partial charge is 0.508 e. The van der Waals surface area contributed by atoms with E-state index in [1.807, 2.05) is 0 Å². The van der Waals surface area contributed by atoms with Gasteiger partial charge in [-0.05, 0) is 43.3 Å². The Morgan fingerprint density at radius 2 is 1.64 bits per heavy atom. The number of rotatable bonds is 5. The lowest BCUT2D eigenvalue weighted by Crippen LogP contribution is -2.54. The van der Waals surface area contributed by atoms with Crippen LogP contribution in [-0.2, 0) is 10.0 Å². The molecule has 0 aliphatic carbocycles. The van der Waals surface area contributed by atoms with Crippen LogP contribution in [0.2, 0.25) is 0 Å². The van der Waals surface area contributed by atoms with Crippen LogP contribution >= 0.6 is 0 Å². The predicted molar refractivity (Wildman–Crippen MR) is 104 cm³/mol. The lowest BCUT2D eigenvalue weighted by Gasteiger charge is -2.34. The third kappa shape index (κ3) is 4.73. The van der Waals surface area contributed by atoms with E-state index in [2.05, 4.69) is 5.32 Å². The Balaban J connectivity index is 1.51. The van der Waals surface area contributed by atoms with E-state index >= 15 is 0 Å². The molecule has 1 fully saturated rings. The van der Waals surface area contributed by atoms with Crippen molar-refractivity contribution in [2.45, 2.75) is 18.0 Å². The Bertz CT molecular complexity index is 895. The molecular weight excluding hydrogens is 382 g/mol. The van der Waals surface area contributed by atoms with Crippen molar-refractivity contribution >= 4 is 16.1 Å². The maximum absolute atomic E-state index is 12.6. The summed E-state index contributed by atoms with van der Waals surface area (Å²) in [6.07, 6.45) is -0.580. The monoisotopic (exact) mass is 405 g/mol. The lowest BCUT2D eigenvalue weighted by atomic mass is 10.3. The van der Waals surface area contributed by atoms with Gasteiger partial charge in [0, 0.05) is 26.2 Å². The predicted octanol–water partition coefficient (Wildman–Crippen LogP) is 1.83. The fraction of sp³-hybridized carbons (Fsp3) is 0.316. The Hall–Kier alpha value is -2.78. The normalized spacial score (nSPS) is 16.4. The molecule has 1 saturated heterocycles. The van der Waals surface area contributed by atoms with Crippen LogP contribution in [0, 0.1) is 0 Å². The summed E-state index contributed by atoms with van der Waals surface area (Å²) in [5.41, 5.74) is 0. The van der Waals surface area contributed by atoms with Gasteiger partial charge in [-0.2, -0.15) is 4.31 Å². The molecule has 0 aromatic heterocycles. The number of hydrogen-bond donors (Lipinski definition) is 2. The number of phenols is 1. The molecule has 2 aromatic carbocycles. The second-order valence-electron chi connectivity index (χ2n) is 6.41. The van der Waals surface area contributed by atoms with Crippen LogP contribution in [0.15, 0.2) is 59.5 Å². The fourth-order valence-corrected chi connectivity index (χ4v) is 4.34. The number of carbonyl (C=O) groups excluding carboxylic acids is 1. The van der Waals surface area contributed by atoms with E-state index in [0.717, 1.165) is 0 Å². The van der Waals surface area contributed by atoms with Gasteiger partial charge in [0.15, 0.2) is 6.23 Å². The minimum atomic E-state index is -3.55. The summed E-state index contributed by atoms with van der Waals surface area (Å²) in [4.78, 5) is 14.2. The van der Waals surface area contributed by atoms with E-state index in [1.165, 1.54) is 16.4 Å². The summed E-state index contributed by atoms with van der Waals surface area (Å²) in [7, 11) is -3.55. The van der Waals surface area contributed by atoms with Crippen molar-refractivity contribution in [2.75, 3.05) is 26.2 Å². The van der Waals surface area contributed by atoms with Gasteiger partial charge in [0.1, 0.15) is 11.5 Å². The quantitative estimate of drug-likeness (QED) is 0.740. The molecule has 0 radical (unpaired) electrons. The zero-order valence-electron chi connectivity index (χ0n) is 15.5. The molecule has 1 aliphatic heterocycles. The molecule has 0 saturated carbocycles. The van der Waals surface area contributed by atoms with Crippen molar-refractivity contribution < 1.29 is 23.1 Å². The van der Waals surface area contributed by atoms with E-state index in [1.54, 1.807) is 54.3 Å². The molecule has 1 unspecified atom stereocenters. The number of sulfonamides is 1. The van der Waals surface area contributed by atoms with Crippen LogP contribution in [0.3, 0.4) is 0 Å². The Morgan fingerprint density at radius 1 is 1.04 bits per heavy atom. The number of nitrogens with zero attached hydrogens (tertiary/aromatic N) is 2. The number of aromatic hydroxyl groups is 1. The van der Waals surface area contributed by atoms with Gasteiger partial charge in [-0.3, -0.25) is 0 Å². The van der Waals surface area contributed by atoms with Crippen molar-refractivity contribution in [1.29, 1.82) is 0 Å². The maximum Gasteiger partial charge on any atom is 0.320 e. The Kier molecular flexibility index (Phi) is 6.05. The number of benzene rings is 2. The molecule has 2 aromatic rings. The highest BCUT2D eigenvalue weighted by atomic mass is 32.2. The highest BCUT2D eigenvalue weighted by molar-refractivity contribution is 7.89. The van der Waals surface area contributed by atoms with Crippen LogP contribution in [0.5, 0.6) is 11.5 Å². The van der Waals surface area contributed by atoms with Crippen molar-refractivity contribution in [1.82, 2.24) is 14.5 Å². The van der Waals surface area contributed by atoms with Gasteiger partial charge in [0.2, 0.25) is 10.0 Å². The number of piperazine rings is 1. The molecule has 28 heavy (non-hydrogen) atoms. The molecule has 8 nitrogen and oxygen atoms in total. The van der Waals surface area contributed by atoms with Crippen LogP contribution in [0.25, 0.3) is 0 Å². The van der Waals surface area contributed by atoms with Crippen molar-refractivity contribution in [3.63, 3.8) is 0 Å². The highest BCUT2D eigenvalue weighted by Crippen LogP contribution is 2.18. The van der Waals surface area contributed by atoms with Crippen molar-refractivity contribution in [3.05, 3.63) is 54.6 Å². The summed E-state index contributed by atoms with van der Waals surface area (Å²) in [6, 6.07) is 14.2. The second-order valence-corrected chi connectivity index (χ2v) is 8.35. The average molecular weight is 405 g/mol. The Morgan fingerprint density at radius 3 is 2.25 bits per heavy atom. The highest BCUT2D eigenvalue weighted by Gasteiger charge is 2.30. The molecule has 2 amide bonds. The van der Waals surface area contributed by atoms with E-state index in [9.17, 15) is 18.3 Å². The number of carbonyl (C=O) groups is 1. The zero-order chi connectivity index (χ0) is 20.1. The van der Waals surface area contributed by atoms with Crippen LogP contribution in [0.4, 0.5) is 4.79 Å². The topological polar surface area (TPSA) is 99.2 Å². The van der Waals surface area contributed by atoms with E-state index in [0.29, 0.717) is 18.8 Å². The summed E-state index contributed by atoms with van der Waals surface area (Å²) in [5.74, 6) is 0.650. The fourth-order valence-electron chi connectivity index (χ4n) is 2.90. The molecule has 2 N–H and O–H groups in total. The molecule has 1 heterocycles. The summed E-state index contributed by atoms with van der Waals surface area (Å²) >= 11 is 0. The average Bonchev–Trinajstić information content (AvgIpc) is 2.70. The molecule has 1 atom stereocenters. The number of amides is 2. The first kappa shape index (κ1) is 20.0. The van der Waals surface area contributed by atoms with Gasteiger partial charge < -0.3 is 20.1 Å². The molecule has 150 valence electrons. The standard InChI is InChI=1S/C19H23N3O5S/c1-15(27-17-9-7-16(23)8-10-17)20-19(24)21-11-13-22(14-12-21)28(25,26)18-5-3-2-4-6-18/h2-10,15,23H,11-14H2,1H3,(H,20,24). The zero-order valence-corrected chi connectivity index (χ0v) is 16.3. The van der Waals surface area contributed by atoms with Gasteiger partial charge in [0.25, 0.3) is 0 Å². The first-order chi connectivity index (χ1) is 13.4. The van der Waals surface area contributed by atoms with Gasteiger partial charge in [-0.15, -0.1) is 0 Å². The van der Waals surface area contributed by atoms with Gasteiger partial charge in [0.05, 0.1) is 4.90 Å². The number of ether oxygens (including phenoxy) is 1. The van der Waals surface area contributed by atoms with Crippen LogP contribution in [-0.4, -0.2) is 61.2 Å². The number of nitrogens with one attached hydrogen (secondary N) is 1. The van der Waals surface area contributed by atoms with E-state index in [-0.39, 0.29) is 29.8 Å². The molecule has 3 rings (SSSR count). The first-order valence-electron chi connectivity index (χ1n) is 8.92. The first-order valence-corrected chi connectivity index (χ1v) is 10.4. The van der Waals surface area contributed by atoms with Gasteiger partial charge >= 0.3 is 6.03 Å². The van der Waals surface area contributed by atoms with E-state index < -0.39 is 16.3 Å². The van der Waals surface area contributed by atoms with E-state index in [4.69, 9.17) is 4.74 Å².